The Morgan fingerprint density at radius 2 is 2.04 bits per heavy atom. The Hall–Kier alpha value is -3.16. The monoisotopic (exact) mass is 380 g/mol. The Morgan fingerprint density at radius 3 is 2.82 bits per heavy atom. The molecule has 1 saturated heterocycles. The maximum absolute atomic E-state index is 12.7. The van der Waals surface area contributed by atoms with E-state index in [0.717, 1.165) is 48.5 Å². The molecule has 1 aromatic carbocycles. The van der Waals surface area contributed by atoms with Crippen molar-refractivity contribution in [2.24, 2.45) is 0 Å². The highest BCUT2D eigenvalue weighted by Gasteiger charge is 2.24. The molecule has 1 aliphatic rings. The number of piperidine rings is 1. The van der Waals surface area contributed by atoms with Gasteiger partial charge in [-0.2, -0.15) is 0 Å². The van der Waals surface area contributed by atoms with Crippen molar-refractivity contribution in [1.82, 2.24) is 20.0 Å². The average molecular weight is 380 g/mol. The van der Waals surface area contributed by atoms with Gasteiger partial charge in [0.2, 0.25) is 5.91 Å². The number of nitrogens with one attached hydrogen (secondary N) is 1. The number of para-hydroxylation sites is 1. The highest BCUT2D eigenvalue weighted by molar-refractivity contribution is 5.86. The van der Waals surface area contributed by atoms with E-state index < -0.39 is 0 Å². The number of likely N-dealkylation sites (tertiary alicyclic amines) is 1. The highest BCUT2D eigenvalue weighted by Crippen LogP contribution is 2.21. The van der Waals surface area contributed by atoms with Gasteiger partial charge in [0.1, 0.15) is 23.7 Å². The molecule has 146 valence electrons. The summed E-state index contributed by atoms with van der Waals surface area (Å²) >= 11 is 0. The zero-order chi connectivity index (χ0) is 19.5. The third-order valence-electron chi connectivity index (χ3n) is 5.08. The Morgan fingerprint density at radius 1 is 1.25 bits per heavy atom. The maximum Gasteiger partial charge on any atom is 0.228 e. The predicted octanol–water partition coefficient (Wildman–Crippen LogP) is 2.33. The molecule has 0 aliphatic carbocycles. The molecule has 8 heteroatoms. The number of nitrogens with zero attached hydrogens (tertiary/aromatic N) is 5. The van der Waals surface area contributed by atoms with Gasteiger partial charge in [-0.1, -0.05) is 17.3 Å². The molecule has 3 heterocycles. The second-order valence-electron chi connectivity index (χ2n) is 7.26. The van der Waals surface area contributed by atoms with Crippen molar-refractivity contribution >= 4 is 28.5 Å². The first-order valence-corrected chi connectivity index (χ1v) is 9.47. The zero-order valence-electron chi connectivity index (χ0n) is 16.1. The van der Waals surface area contributed by atoms with Crippen molar-refractivity contribution in [1.29, 1.82) is 0 Å². The fourth-order valence-corrected chi connectivity index (χ4v) is 3.47. The Kier molecular flexibility index (Phi) is 5.10. The van der Waals surface area contributed by atoms with Gasteiger partial charge in [-0.05, 0) is 25.0 Å². The lowest BCUT2D eigenvalue weighted by molar-refractivity contribution is -0.131. The second kappa shape index (κ2) is 7.84. The van der Waals surface area contributed by atoms with Crippen LogP contribution in [0.1, 0.15) is 18.5 Å². The van der Waals surface area contributed by atoms with Crippen LogP contribution >= 0.6 is 0 Å². The summed E-state index contributed by atoms with van der Waals surface area (Å²) in [6.45, 7) is 1.44. The summed E-state index contributed by atoms with van der Waals surface area (Å²) in [5.74, 6) is 1.77. The predicted molar refractivity (Wildman–Crippen MR) is 107 cm³/mol. The third-order valence-corrected chi connectivity index (χ3v) is 5.08. The smallest absolute Gasteiger partial charge is 0.228 e. The summed E-state index contributed by atoms with van der Waals surface area (Å²) < 4.78 is 5.30. The average Bonchev–Trinajstić information content (AvgIpc) is 3.12. The zero-order valence-corrected chi connectivity index (χ0v) is 16.1. The number of carbonyl (C=O) groups excluding carboxylic acids is 1. The van der Waals surface area contributed by atoms with Crippen molar-refractivity contribution in [3.05, 3.63) is 42.4 Å². The molecule has 3 aromatic rings. The van der Waals surface area contributed by atoms with E-state index in [1.165, 1.54) is 0 Å². The van der Waals surface area contributed by atoms with Crippen LogP contribution in [-0.2, 0) is 11.2 Å². The lowest BCUT2D eigenvalue weighted by atomic mass is 10.0. The van der Waals surface area contributed by atoms with Gasteiger partial charge in [-0.15, -0.1) is 0 Å². The van der Waals surface area contributed by atoms with Crippen molar-refractivity contribution in [3.63, 3.8) is 0 Å². The Balaban J connectivity index is 1.32. The van der Waals surface area contributed by atoms with Gasteiger partial charge in [-0.25, -0.2) is 9.97 Å². The van der Waals surface area contributed by atoms with E-state index in [2.05, 4.69) is 20.4 Å². The highest BCUT2D eigenvalue weighted by atomic mass is 16.5. The molecule has 1 amide bonds. The van der Waals surface area contributed by atoms with Gasteiger partial charge in [-0.3, -0.25) is 4.79 Å². The van der Waals surface area contributed by atoms with Crippen LogP contribution in [0.5, 0.6) is 0 Å². The molecule has 0 unspecified atom stereocenters. The van der Waals surface area contributed by atoms with Crippen LogP contribution in [0.25, 0.3) is 11.0 Å². The lowest BCUT2D eigenvalue weighted by Crippen LogP contribution is -2.43. The molecule has 0 atom stereocenters. The SMILES string of the molecule is CN(C)c1cc(NC2CCN(C(=O)Cc3noc4ccccc34)CC2)ncn1. The van der Waals surface area contributed by atoms with Crippen molar-refractivity contribution < 1.29 is 9.32 Å². The fraction of sp³-hybridized carbons (Fsp3) is 0.400. The minimum atomic E-state index is 0.0921. The van der Waals surface area contributed by atoms with Crippen LogP contribution < -0.4 is 10.2 Å². The van der Waals surface area contributed by atoms with E-state index in [1.54, 1.807) is 6.33 Å². The van der Waals surface area contributed by atoms with E-state index >= 15 is 0 Å². The van der Waals surface area contributed by atoms with Crippen LogP contribution in [0, 0.1) is 0 Å². The summed E-state index contributed by atoms with van der Waals surface area (Å²) in [4.78, 5) is 25.1. The lowest BCUT2D eigenvalue weighted by Gasteiger charge is -2.32. The number of rotatable bonds is 5. The maximum atomic E-state index is 12.7. The molecular formula is C20H24N6O2. The van der Waals surface area contributed by atoms with E-state index in [0.29, 0.717) is 11.7 Å². The minimum absolute atomic E-state index is 0.0921. The van der Waals surface area contributed by atoms with E-state index in [4.69, 9.17) is 4.52 Å². The number of hydrogen-bond donors (Lipinski definition) is 1. The second-order valence-corrected chi connectivity index (χ2v) is 7.26. The molecule has 28 heavy (non-hydrogen) atoms. The standard InChI is InChI=1S/C20H24N6O2/c1-25(2)19-12-18(21-13-22-19)23-14-7-9-26(10-8-14)20(27)11-16-15-5-3-4-6-17(15)28-24-16/h3-6,12-14H,7-11H2,1-2H3,(H,21,22,23). The van der Waals surface area contributed by atoms with Crippen LogP contribution in [-0.4, -0.2) is 59.2 Å². The van der Waals surface area contributed by atoms with Crippen molar-refractivity contribution in [2.45, 2.75) is 25.3 Å². The van der Waals surface area contributed by atoms with E-state index in [-0.39, 0.29) is 12.3 Å². The van der Waals surface area contributed by atoms with Gasteiger partial charge < -0.3 is 19.6 Å². The van der Waals surface area contributed by atoms with Crippen LogP contribution in [0.15, 0.2) is 41.2 Å². The number of aromatic nitrogens is 3. The molecular weight excluding hydrogens is 356 g/mol. The molecule has 1 aliphatic heterocycles. The third kappa shape index (κ3) is 3.90. The number of benzene rings is 1. The number of fused-ring (bicyclic) bond motifs is 1. The Labute approximate surface area is 163 Å². The molecule has 0 bridgehead atoms. The normalized spacial score (nSPS) is 15.0. The van der Waals surface area contributed by atoms with Gasteiger partial charge in [0, 0.05) is 44.7 Å². The first-order valence-electron chi connectivity index (χ1n) is 9.47. The number of amides is 1. The largest absolute Gasteiger partial charge is 0.367 e. The van der Waals surface area contributed by atoms with Gasteiger partial charge in [0.15, 0.2) is 5.58 Å². The summed E-state index contributed by atoms with van der Waals surface area (Å²) in [7, 11) is 3.91. The first-order chi connectivity index (χ1) is 13.6. The molecule has 0 saturated carbocycles. The molecule has 0 radical (unpaired) electrons. The molecule has 4 rings (SSSR count). The van der Waals surface area contributed by atoms with Crippen molar-refractivity contribution in [3.8, 4) is 0 Å². The molecule has 2 aromatic heterocycles. The Bertz CT molecular complexity index is 962. The van der Waals surface area contributed by atoms with E-state index in [1.807, 2.05) is 54.2 Å². The summed E-state index contributed by atoms with van der Waals surface area (Å²) in [5.41, 5.74) is 1.42. The summed E-state index contributed by atoms with van der Waals surface area (Å²) in [6.07, 6.45) is 3.60. The summed E-state index contributed by atoms with van der Waals surface area (Å²) in [6, 6.07) is 9.86. The van der Waals surface area contributed by atoms with Crippen LogP contribution in [0.2, 0.25) is 0 Å². The van der Waals surface area contributed by atoms with Gasteiger partial charge in [0.25, 0.3) is 0 Å². The fourth-order valence-electron chi connectivity index (χ4n) is 3.47. The molecule has 1 N–H and O–H groups in total. The number of carbonyl (C=O) groups is 1. The topological polar surface area (TPSA) is 87.4 Å². The molecule has 8 nitrogen and oxygen atoms in total. The molecule has 0 spiro atoms. The van der Waals surface area contributed by atoms with Crippen LogP contribution in [0.3, 0.4) is 0 Å². The van der Waals surface area contributed by atoms with E-state index in [9.17, 15) is 4.79 Å². The summed E-state index contributed by atoms with van der Waals surface area (Å²) in [5, 5.41) is 8.44. The number of hydrogen-bond acceptors (Lipinski definition) is 7. The number of anilines is 2. The van der Waals surface area contributed by atoms with Crippen molar-refractivity contribution in [2.75, 3.05) is 37.4 Å². The molecule has 1 fully saturated rings. The van der Waals surface area contributed by atoms with Crippen LogP contribution in [0.4, 0.5) is 11.6 Å². The first kappa shape index (κ1) is 18.2. The minimum Gasteiger partial charge on any atom is -0.367 e. The van der Waals surface area contributed by atoms with Gasteiger partial charge >= 0.3 is 0 Å². The quantitative estimate of drug-likeness (QED) is 0.727. The van der Waals surface area contributed by atoms with Gasteiger partial charge in [0.05, 0.1) is 6.42 Å².